The molecule has 0 spiro atoms. The molecule has 0 aliphatic carbocycles. The van der Waals surface area contributed by atoms with Gasteiger partial charge in [0.2, 0.25) is 6.79 Å². The lowest BCUT2D eigenvalue weighted by Crippen LogP contribution is -2.54. The summed E-state index contributed by atoms with van der Waals surface area (Å²) in [7, 11) is 1.31. The number of fused-ring (bicyclic) bond motifs is 1. The van der Waals surface area contributed by atoms with Gasteiger partial charge in [-0.25, -0.2) is 14.5 Å². The average molecular weight is 487 g/mol. The van der Waals surface area contributed by atoms with Gasteiger partial charge in [-0.2, -0.15) is 0 Å². The Morgan fingerprint density at radius 2 is 1.78 bits per heavy atom. The number of para-hydroxylation sites is 1. The molecule has 1 fully saturated rings. The number of aryl methyl sites for hydroxylation is 1. The minimum absolute atomic E-state index is 0.0390. The number of methoxy groups -OCH3 is 1. The number of nitrogens with zero attached hydrogens (tertiary/aromatic N) is 2. The molecule has 0 unspecified atom stereocenters. The number of carbonyl (C=O) groups excluding carboxylic acids is 4. The molecule has 3 heterocycles. The first-order valence-corrected chi connectivity index (χ1v) is 11.0. The van der Waals surface area contributed by atoms with Crippen molar-refractivity contribution in [3.63, 3.8) is 0 Å². The van der Waals surface area contributed by atoms with E-state index in [0.29, 0.717) is 34.0 Å². The van der Waals surface area contributed by atoms with Crippen molar-refractivity contribution >= 4 is 35.6 Å². The number of barbiturate groups is 1. The zero-order valence-corrected chi connectivity index (χ0v) is 19.7. The summed E-state index contributed by atoms with van der Waals surface area (Å²) in [5.41, 5.74) is 3.01. The zero-order valence-electron chi connectivity index (χ0n) is 19.7. The Morgan fingerprint density at radius 1 is 1.03 bits per heavy atom. The van der Waals surface area contributed by atoms with E-state index in [-0.39, 0.29) is 18.1 Å². The third kappa shape index (κ3) is 3.68. The molecule has 3 aromatic rings. The van der Waals surface area contributed by atoms with Crippen LogP contribution in [0, 0.1) is 13.8 Å². The number of aromatic nitrogens is 1. The molecule has 0 radical (unpaired) electrons. The lowest BCUT2D eigenvalue weighted by atomic mass is 10.1. The SMILES string of the molecule is COC(=O)c1ccccc1-n1c(C)cc(C=C2C(=O)NC(=O)N(c3ccc4c(c3)OCO4)C2=O)c1C. The van der Waals surface area contributed by atoms with E-state index >= 15 is 0 Å². The number of hydrogen-bond donors (Lipinski definition) is 1. The Labute approximate surface area is 205 Å². The Bertz CT molecular complexity index is 1480. The van der Waals surface area contributed by atoms with Gasteiger partial charge < -0.3 is 18.8 Å². The molecule has 10 heteroatoms. The molecule has 2 aromatic carbocycles. The van der Waals surface area contributed by atoms with Gasteiger partial charge in [-0.05, 0) is 55.8 Å². The summed E-state index contributed by atoms with van der Waals surface area (Å²) in [6.07, 6.45) is 1.43. The van der Waals surface area contributed by atoms with E-state index in [9.17, 15) is 19.2 Å². The lowest BCUT2D eigenvalue weighted by molar-refractivity contribution is -0.122. The molecule has 2 aliphatic rings. The van der Waals surface area contributed by atoms with Crippen LogP contribution in [-0.2, 0) is 14.3 Å². The first-order valence-electron chi connectivity index (χ1n) is 11.0. The highest BCUT2D eigenvalue weighted by Crippen LogP contribution is 2.36. The maximum absolute atomic E-state index is 13.3. The molecule has 1 N–H and O–H groups in total. The number of amides is 4. The second kappa shape index (κ2) is 8.73. The summed E-state index contributed by atoms with van der Waals surface area (Å²) in [5.74, 6) is -1.18. The smallest absolute Gasteiger partial charge is 0.339 e. The number of benzene rings is 2. The summed E-state index contributed by atoms with van der Waals surface area (Å²) >= 11 is 0. The average Bonchev–Trinajstić information content (AvgIpc) is 3.44. The van der Waals surface area contributed by atoms with Crippen molar-refractivity contribution in [1.82, 2.24) is 9.88 Å². The van der Waals surface area contributed by atoms with Crippen molar-refractivity contribution in [3.8, 4) is 17.2 Å². The normalized spacial score (nSPS) is 15.9. The maximum atomic E-state index is 13.3. The predicted octanol–water partition coefficient (Wildman–Crippen LogP) is 3.28. The number of nitrogens with one attached hydrogen (secondary N) is 1. The van der Waals surface area contributed by atoms with Crippen LogP contribution in [-0.4, -0.2) is 42.3 Å². The maximum Gasteiger partial charge on any atom is 0.339 e. The van der Waals surface area contributed by atoms with Gasteiger partial charge in [0.25, 0.3) is 11.8 Å². The largest absolute Gasteiger partial charge is 0.465 e. The molecule has 1 saturated heterocycles. The minimum Gasteiger partial charge on any atom is -0.465 e. The van der Waals surface area contributed by atoms with Crippen LogP contribution in [0.3, 0.4) is 0 Å². The number of hydrogen-bond acceptors (Lipinski definition) is 7. The Morgan fingerprint density at radius 3 is 2.56 bits per heavy atom. The van der Waals surface area contributed by atoms with E-state index < -0.39 is 23.8 Å². The molecule has 1 aromatic heterocycles. The van der Waals surface area contributed by atoms with Gasteiger partial charge in [0.15, 0.2) is 11.5 Å². The Hall–Kier alpha value is -4.86. The number of urea groups is 1. The molecule has 0 saturated carbocycles. The molecule has 2 aliphatic heterocycles. The second-order valence-electron chi connectivity index (χ2n) is 8.17. The van der Waals surface area contributed by atoms with Crippen molar-refractivity contribution in [3.05, 3.63) is 76.6 Å². The molecule has 182 valence electrons. The van der Waals surface area contributed by atoms with Crippen molar-refractivity contribution in [1.29, 1.82) is 0 Å². The number of anilines is 1. The molecule has 0 bridgehead atoms. The Kier molecular flexibility index (Phi) is 5.56. The van der Waals surface area contributed by atoms with Crippen LogP contribution in [0.2, 0.25) is 0 Å². The molecular weight excluding hydrogens is 466 g/mol. The van der Waals surface area contributed by atoms with Gasteiger partial charge in [-0.3, -0.25) is 14.9 Å². The van der Waals surface area contributed by atoms with Gasteiger partial charge in [0.1, 0.15) is 5.57 Å². The van der Waals surface area contributed by atoms with E-state index in [1.807, 2.05) is 11.5 Å². The number of carbonyl (C=O) groups is 4. The molecule has 5 rings (SSSR count). The summed E-state index contributed by atoms with van der Waals surface area (Å²) < 4.78 is 17.4. The van der Waals surface area contributed by atoms with E-state index in [1.165, 1.54) is 25.3 Å². The van der Waals surface area contributed by atoms with Crippen LogP contribution in [0.25, 0.3) is 11.8 Å². The highest BCUT2D eigenvalue weighted by molar-refractivity contribution is 6.39. The number of esters is 1. The van der Waals surface area contributed by atoms with Crippen LogP contribution < -0.4 is 19.7 Å². The van der Waals surface area contributed by atoms with Crippen molar-refractivity contribution in [2.75, 3.05) is 18.8 Å². The fourth-order valence-corrected chi connectivity index (χ4v) is 4.33. The first-order chi connectivity index (χ1) is 17.3. The third-order valence-corrected chi connectivity index (χ3v) is 6.04. The van der Waals surface area contributed by atoms with Gasteiger partial charge in [0.05, 0.1) is 24.0 Å². The fourth-order valence-electron chi connectivity index (χ4n) is 4.33. The molecule has 0 atom stereocenters. The van der Waals surface area contributed by atoms with Crippen LogP contribution in [0.5, 0.6) is 11.5 Å². The predicted molar refractivity (Wildman–Crippen MR) is 128 cm³/mol. The topological polar surface area (TPSA) is 116 Å². The third-order valence-electron chi connectivity index (χ3n) is 6.04. The zero-order chi connectivity index (χ0) is 25.6. The van der Waals surface area contributed by atoms with Crippen LogP contribution >= 0.6 is 0 Å². The number of imide groups is 2. The number of rotatable bonds is 4. The first kappa shape index (κ1) is 22.9. The molecule has 4 amide bonds. The molecule has 36 heavy (non-hydrogen) atoms. The monoisotopic (exact) mass is 487 g/mol. The summed E-state index contributed by atoms with van der Waals surface area (Å²) in [6, 6.07) is 12.5. The standard InChI is InChI=1S/C26H21N3O7/c1-14-10-16(15(2)28(14)20-7-5-4-6-18(20)25(32)34-3)11-19-23(30)27-26(33)29(24(19)31)17-8-9-21-22(12-17)36-13-35-21/h4-12H,13H2,1-3H3,(H,27,30,33). The van der Waals surface area contributed by atoms with Crippen LogP contribution in [0.1, 0.15) is 27.3 Å². The molecular formula is C26H21N3O7. The van der Waals surface area contributed by atoms with Crippen LogP contribution in [0.4, 0.5) is 10.5 Å². The van der Waals surface area contributed by atoms with E-state index in [2.05, 4.69) is 5.32 Å². The van der Waals surface area contributed by atoms with Crippen molar-refractivity contribution < 1.29 is 33.4 Å². The van der Waals surface area contributed by atoms with Crippen molar-refractivity contribution in [2.45, 2.75) is 13.8 Å². The van der Waals surface area contributed by atoms with E-state index in [1.54, 1.807) is 43.3 Å². The second-order valence-corrected chi connectivity index (χ2v) is 8.17. The highest BCUT2D eigenvalue weighted by atomic mass is 16.7. The van der Waals surface area contributed by atoms with E-state index in [0.717, 1.165) is 10.6 Å². The summed E-state index contributed by atoms with van der Waals surface area (Å²) in [6.45, 7) is 3.69. The van der Waals surface area contributed by atoms with E-state index in [4.69, 9.17) is 14.2 Å². The summed E-state index contributed by atoms with van der Waals surface area (Å²) in [5, 5.41) is 2.22. The quantitative estimate of drug-likeness (QED) is 0.341. The van der Waals surface area contributed by atoms with Crippen LogP contribution in [0.15, 0.2) is 54.1 Å². The molecule has 10 nitrogen and oxygen atoms in total. The van der Waals surface area contributed by atoms with Crippen molar-refractivity contribution in [2.24, 2.45) is 0 Å². The number of ether oxygens (including phenoxy) is 3. The fraction of sp³-hybridized carbons (Fsp3) is 0.154. The van der Waals surface area contributed by atoms with Gasteiger partial charge in [0, 0.05) is 17.5 Å². The highest BCUT2D eigenvalue weighted by Gasteiger charge is 2.37. The summed E-state index contributed by atoms with van der Waals surface area (Å²) in [4.78, 5) is 51.8. The minimum atomic E-state index is -0.863. The Balaban J connectivity index is 1.56. The van der Waals surface area contributed by atoms with Gasteiger partial charge in [-0.1, -0.05) is 12.1 Å². The van der Waals surface area contributed by atoms with Gasteiger partial charge >= 0.3 is 12.0 Å². The lowest BCUT2D eigenvalue weighted by Gasteiger charge is -2.26. The van der Waals surface area contributed by atoms with Gasteiger partial charge in [-0.15, -0.1) is 0 Å².